The first-order valence-electron chi connectivity index (χ1n) is 5.12. The first kappa shape index (κ1) is 11.9. The fourth-order valence-electron chi connectivity index (χ4n) is 1.71. The zero-order valence-corrected chi connectivity index (χ0v) is 9.85. The summed E-state index contributed by atoms with van der Waals surface area (Å²) in [7, 11) is 3.52. The summed E-state index contributed by atoms with van der Waals surface area (Å²) < 4.78 is 5.21. The number of likely N-dealkylation sites (N-methyl/N-ethyl adjacent to an activating group) is 1. The van der Waals surface area contributed by atoms with Crippen molar-refractivity contribution in [2.24, 2.45) is 0 Å². The molecule has 0 aromatic heterocycles. The van der Waals surface area contributed by atoms with E-state index in [4.69, 9.17) is 4.74 Å². The van der Waals surface area contributed by atoms with Gasteiger partial charge in [0.15, 0.2) is 11.5 Å². The van der Waals surface area contributed by atoms with Crippen LogP contribution in [-0.4, -0.2) is 25.8 Å². The molecule has 0 aliphatic rings. The summed E-state index contributed by atoms with van der Waals surface area (Å²) in [6.45, 7) is 4.79. The Labute approximate surface area is 91.1 Å². The van der Waals surface area contributed by atoms with Crippen LogP contribution >= 0.6 is 0 Å². The number of hydrogen-bond donors (Lipinski definition) is 2. The molecule has 2 N–H and O–H groups in total. The minimum absolute atomic E-state index is 0.253. The van der Waals surface area contributed by atoms with Crippen LogP contribution in [0.4, 0.5) is 0 Å². The third-order valence-corrected chi connectivity index (χ3v) is 2.65. The van der Waals surface area contributed by atoms with Crippen molar-refractivity contribution in [2.45, 2.75) is 20.3 Å². The number of nitrogens with one attached hydrogen (secondary N) is 1. The second kappa shape index (κ2) is 5.03. The topological polar surface area (TPSA) is 41.5 Å². The molecule has 0 saturated carbocycles. The van der Waals surface area contributed by atoms with Gasteiger partial charge in [0, 0.05) is 0 Å². The standard InChI is InChI=1S/C12H19NO2/c1-8-7-10(5-6-13-3)9(2)12(15-4)11(8)14/h7,13-14H,5-6H2,1-4H3. The van der Waals surface area contributed by atoms with E-state index in [0.717, 1.165) is 24.1 Å². The molecule has 1 rings (SSSR count). The average Bonchev–Trinajstić information content (AvgIpc) is 2.22. The number of hydrogen-bond acceptors (Lipinski definition) is 3. The van der Waals surface area contributed by atoms with Gasteiger partial charge in [0.2, 0.25) is 0 Å². The molecule has 0 amide bonds. The summed E-state index contributed by atoms with van der Waals surface area (Å²) in [6.07, 6.45) is 0.944. The van der Waals surface area contributed by atoms with Crippen LogP contribution in [0, 0.1) is 13.8 Å². The Morgan fingerprint density at radius 2 is 2.07 bits per heavy atom. The molecule has 15 heavy (non-hydrogen) atoms. The van der Waals surface area contributed by atoms with E-state index in [9.17, 15) is 5.11 Å². The second-order valence-electron chi connectivity index (χ2n) is 3.71. The lowest BCUT2D eigenvalue weighted by Crippen LogP contribution is -2.11. The normalized spacial score (nSPS) is 10.4. The van der Waals surface area contributed by atoms with E-state index in [1.165, 1.54) is 5.56 Å². The summed E-state index contributed by atoms with van der Waals surface area (Å²) in [6, 6.07) is 2.02. The summed E-state index contributed by atoms with van der Waals surface area (Å²) in [5, 5.41) is 12.9. The van der Waals surface area contributed by atoms with Crippen LogP contribution in [0.15, 0.2) is 6.07 Å². The molecule has 0 heterocycles. The molecule has 3 heteroatoms. The Kier molecular flexibility index (Phi) is 3.97. The van der Waals surface area contributed by atoms with Crippen molar-refractivity contribution in [3.8, 4) is 11.5 Å². The first-order chi connectivity index (χ1) is 7.11. The minimum Gasteiger partial charge on any atom is -0.504 e. The number of ether oxygens (including phenoxy) is 1. The van der Waals surface area contributed by atoms with Crippen molar-refractivity contribution < 1.29 is 9.84 Å². The van der Waals surface area contributed by atoms with Crippen molar-refractivity contribution in [3.05, 3.63) is 22.8 Å². The Bertz CT molecular complexity index is 348. The molecule has 0 saturated heterocycles. The zero-order valence-electron chi connectivity index (χ0n) is 9.85. The van der Waals surface area contributed by atoms with Gasteiger partial charge >= 0.3 is 0 Å². The maximum absolute atomic E-state index is 9.79. The highest BCUT2D eigenvalue weighted by Gasteiger charge is 2.12. The van der Waals surface area contributed by atoms with Crippen molar-refractivity contribution in [2.75, 3.05) is 20.7 Å². The Morgan fingerprint density at radius 3 is 2.60 bits per heavy atom. The molecule has 3 nitrogen and oxygen atoms in total. The fraction of sp³-hybridized carbons (Fsp3) is 0.500. The van der Waals surface area contributed by atoms with Gasteiger partial charge in [-0.1, -0.05) is 6.07 Å². The highest BCUT2D eigenvalue weighted by Crippen LogP contribution is 2.35. The van der Waals surface area contributed by atoms with Gasteiger partial charge in [-0.25, -0.2) is 0 Å². The molecular weight excluding hydrogens is 190 g/mol. The summed E-state index contributed by atoms with van der Waals surface area (Å²) >= 11 is 0. The van der Waals surface area contributed by atoms with Crippen LogP contribution in [0.25, 0.3) is 0 Å². The number of aryl methyl sites for hydroxylation is 1. The van der Waals surface area contributed by atoms with E-state index in [2.05, 4.69) is 5.32 Å². The number of phenolic OH excluding ortho intramolecular Hbond substituents is 1. The van der Waals surface area contributed by atoms with Gasteiger partial charge < -0.3 is 15.2 Å². The smallest absolute Gasteiger partial charge is 0.163 e. The lowest BCUT2D eigenvalue weighted by molar-refractivity contribution is 0.368. The molecule has 1 aromatic carbocycles. The molecule has 0 atom stereocenters. The number of aromatic hydroxyl groups is 1. The summed E-state index contributed by atoms with van der Waals surface area (Å²) in [5.41, 5.74) is 3.11. The highest BCUT2D eigenvalue weighted by molar-refractivity contribution is 5.53. The molecule has 0 unspecified atom stereocenters. The largest absolute Gasteiger partial charge is 0.504 e. The Balaban J connectivity index is 3.12. The maximum atomic E-state index is 9.79. The number of phenols is 1. The zero-order chi connectivity index (χ0) is 11.4. The lowest BCUT2D eigenvalue weighted by atomic mass is 10.0. The summed E-state index contributed by atoms with van der Waals surface area (Å²) in [4.78, 5) is 0. The van der Waals surface area contributed by atoms with E-state index in [0.29, 0.717) is 5.75 Å². The molecule has 0 spiro atoms. The van der Waals surface area contributed by atoms with E-state index in [1.807, 2.05) is 27.0 Å². The minimum atomic E-state index is 0.253. The van der Waals surface area contributed by atoms with Gasteiger partial charge in [0.05, 0.1) is 7.11 Å². The molecule has 0 aliphatic carbocycles. The maximum Gasteiger partial charge on any atom is 0.163 e. The van der Waals surface area contributed by atoms with Crippen LogP contribution in [0.2, 0.25) is 0 Å². The van der Waals surface area contributed by atoms with Crippen LogP contribution in [-0.2, 0) is 6.42 Å². The van der Waals surface area contributed by atoms with Crippen molar-refractivity contribution in [3.63, 3.8) is 0 Å². The monoisotopic (exact) mass is 209 g/mol. The Morgan fingerprint density at radius 1 is 1.40 bits per heavy atom. The predicted octanol–water partition coefficient (Wildman–Crippen LogP) is 1.78. The van der Waals surface area contributed by atoms with Crippen LogP contribution in [0.5, 0.6) is 11.5 Å². The number of benzene rings is 1. The average molecular weight is 209 g/mol. The van der Waals surface area contributed by atoms with Crippen LogP contribution in [0.1, 0.15) is 16.7 Å². The van der Waals surface area contributed by atoms with Gasteiger partial charge in [-0.2, -0.15) is 0 Å². The Hall–Kier alpha value is -1.22. The SMILES string of the molecule is CNCCc1cc(C)c(O)c(OC)c1C. The van der Waals surface area contributed by atoms with Crippen LogP contribution < -0.4 is 10.1 Å². The van der Waals surface area contributed by atoms with Gasteiger partial charge in [-0.3, -0.25) is 0 Å². The summed E-state index contributed by atoms with van der Waals surface area (Å²) in [5.74, 6) is 0.851. The third-order valence-electron chi connectivity index (χ3n) is 2.65. The quantitative estimate of drug-likeness (QED) is 0.794. The van der Waals surface area contributed by atoms with Gasteiger partial charge in [-0.15, -0.1) is 0 Å². The molecule has 1 aromatic rings. The van der Waals surface area contributed by atoms with Gasteiger partial charge in [0.1, 0.15) is 0 Å². The van der Waals surface area contributed by atoms with E-state index in [1.54, 1.807) is 7.11 Å². The van der Waals surface area contributed by atoms with E-state index < -0.39 is 0 Å². The first-order valence-corrected chi connectivity index (χ1v) is 5.12. The molecule has 0 radical (unpaired) electrons. The number of methoxy groups -OCH3 is 1. The second-order valence-corrected chi connectivity index (χ2v) is 3.71. The molecular formula is C12H19NO2. The van der Waals surface area contributed by atoms with Gasteiger partial charge in [-0.05, 0) is 50.6 Å². The van der Waals surface area contributed by atoms with Crippen molar-refractivity contribution in [1.82, 2.24) is 5.32 Å². The lowest BCUT2D eigenvalue weighted by Gasteiger charge is -2.14. The van der Waals surface area contributed by atoms with E-state index >= 15 is 0 Å². The molecule has 0 aliphatic heterocycles. The molecule has 0 fully saturated rings. The number of rotatable bonds is 4. The van der Waals surface area contributed by atoms with Gasteiger partial charge in [0.25, 0.3) is 0 Å². The molecule has 84 valence electrons. The molecule has 0 bridgehead atoms. The van der Waals surface area contributed by atoms with Crippen LogP contribution in [0.3, 0.4) is 0 Å². The van der Waals surface area contributed by atoms with Crippen molar-refractivity contribution in [1.29, 1.82) is 0 Å². The van der Waals surface area contributed by atoms with Crippen molar-refractivity contribution >= 4 is 0 Å². The van der Waals surface area contributed by atoms with E-state index in [-0.39, 0.29) is 5.75 Å². The predicted molar refractivity (Wildman–Crippen MR) is 61.8 cm³/mol. The third kappa shape index (κ3) is 2.42. The fourth-order valence-corrected chi connectivity index (χ4v) is 1.71. The highest BCUT2D eigenvalue weighted by atomic mass is 16.5.